The number of hydrogen-bond acceptors (Lipinski definition) is 5. The minimum absolute atomic E-state index is 0.136. The molecule has 6 nitrogen and oxygen atoms in total. The Morgan fingerprint density at radius 1 is 1.30 bits per heavy atom. The molecule has 0 radical (unpaired) electrons. The number of hydrogen-bond donors (Lipinski definition) is 2. The first-order valence-electron chi connectivity index (χ1n) is 5.39. The van der Waals surface area contributed by atoms with Crippen LogP contribution in [-0.2, 0) is 15.8 Å². The number of nitrogens with two attached hydrogens (primary N) is 1. The van der Waals surface area contributed by atoms with Crippen LogP contribution in [0.3, 0.4) is 0 Å². The molecule has 2 rings (SSSR count). The smallest absolute Gasteiger partial charge is 0.238 e. The molecular weight excluding hydrogens is 412 g/mol. The molecule has 0 unspecified atom stereocenters. The van der Waals surface area contributed by atoms with E-state index in [-0.39, 0.29) is 11.6 Å². The van der Waals surface area contributed by atoms with Gasteiger partial charge in [0, 0.05) is 5.69 Å². The predicted molar refractivity (Wildman–Crippen MR) is 84.5 cm³/mol. The van der Waals surface area contributed by atoms with Crippen molar-refractivity contribution in [2.45, 2.75) is 5.75 Å². The van der Waals surface area contributed by atoms with Crippen molar-refractivity contribution in [1.29, 1.82) is 0 Å². The highest BCUT2D eigenvalue weighted by Crippen LogP contribution is 2.21. The van der Waals surface area contributed by atoms with Crippen molar-refractivity contribution in [2.75, 3.05) is 10.5 Å². The molecule has 1 aromatic heterocycles. The van der Waals surface area contributed by atoms with Gasteiger partial charge in [0.15, 0.2) is 10.4 Å². The Morgan fingerprint density at radius 2 is 2.05 bits per heavy atom. The van der Waals surface area contributed by atoms with E-state index in [2.05, 4.69) is 46.5 Å². The fourth-order valence-electron chi connectivity index (χ4n) is 1.50. The van der Waals surface area contributed by atoms with Crippen LogP contribution in [0.5, 0.6) is 0 Å². The molecule has 0 aliphatic rings. The summed E-state index contributed by atoms with van der Waals surface area (Å²) < 4.78 is 27.3. The standard InChI is InChI=1S/C11H10Br2N4O2S/c12-9-5-15-11(10(13)16-9)17-20(18,19)6-7-2-1-3-8(14)4-7/h1-5H,6,14H2,(H,15,17). The van der Waals surface area contributed by atoms with Crippen molar-refractivity contribution < 1.29 is 8.42 Å². The summed E-state index contributed by atoms with van der Waals surface area (Å²) in [6, 6.07) is 6.70. The summed E-state index contributed by atoms with van der Waals surface area (Å²) in [7, 11) is -3.59. The highest BCUT2D eigenvalue weighted by Gasteiger charge is 2.15. The van der Waals surface area contributed by atoms with Gasteiger partial charge in [0.05, 0.1) is 11.9 Å². The van der Waals surface area contributed by atoms with Crippen molar-refractivity contribution >= 4 is 53.4 Å². The summed E-state index contributed by atoms with van der Waals surface area (Å²) in [5.41, 5.74) is 6.73. The minimum Gasteiger partial charge on any atom is -0.399 e. The van der Waals surface area contributed by atoms with Crippen LogP contribution in [0.25, 0.3) is 0 Å². The molecule has 0 saturated carbocycles. The normalized spacial score (nSPS) is 11.3. The fourth-order valence-corrected chi connectivity index (χ4v) is 3.68. The summed E-state index contributed by atoms with van der Waals surface area (Å²) in [5.74, 6) is -0.0560. The minimum atomic E-state index is -3.59. The van der Waals surface area contributed by atoms with Gasteiger partial charge >= 0.3 is 0 Å². The molecule has 0 atom stereocenters. The summed E-state index contributed by atoms with van der Waals surface area (Å²) in [6.45, 7) is 0. The first kappa shape index (κ1) is 15.2. The Bertz CT molecular complexity index is 737. The average Bonchev–Trinajstić information content (AvgIpc) is 2.32. The summed E-state index contributed by atoms with van der Waals surface area (Å²) in [6.07, 6.45) is 1.41. The number of anilines is 2. The van der Waals surface area contributed by atoms with Crippen LogP contribution in [0.2, 0.25) is 0 Å². The Kier molecular flexibility index (Phi) is 4.61. The lowest BCUT2D eigenvalue weighted by Gasteiger charge is -2.09. The van der Waals surface area contributed by atoms with Crippen molar-refractivity contribution in [2.24, 2.45) is 0 Å². The zero-order valence-electron chi connectivity index (χ0n) is 10.0. The number of rotatable bonds is 4. The number of halogens is 2. The van der Waals surface area contributed by atoms with E-state index in [4.69, 9.17) is 5.73 Å². The predicted octanol–water partition coefficient (Wildman–Crippen LogP) is 2.53. The van der Waals surface area contributed by atoms with Gasteiger partial charge in [-0.25, -0.2) is 18.4 Å². The van der Waals surface area contributed by atoms with E-state index in [9.17, 15) is 8.42 Å². The Hall–Kier alpha value is -1.19. The molecule has 20 heavy (non-hydrogen) atoms. The summed E-state index contributed by atoms with van der Waals surface area (Å²) >= 11 is 6.29. The van der Waals surface area contributed by atoms with E-state index >= 15 is 0 Å². The van der Waals surface area contributed by atoms with Gasteiger partial charge in [0.25, 0.3) is 0 Å². The lowest BCUT2D eigenvalue weighted by atomic mass is 10.2. The molecule has 1 heterocycles. The maximum atomic E-state index is 12.1. The number of nitrogens with one attached hydrogen (secondary N) is 1. The van der Waals surface area contributed by atoms with E-state index in [1.54, 1.807) is 24.3 Å². The third kappa shape index (κ3) is 4.15. The second-order valence-corrected chi connectivity index (χ2v) is 7.22. The van der Waals surface area contributed by atoms with Gasteiger partial charge in [0.1, 0.15) is 4.60 Å². The third-order valence-electron chi connectivity index (χ3n) is 2.26. The number of nitrogen functional groups attached to an aromatic ring is 1. The number of benzene rings is 1. The van der Waals surface area contributed by atoms with E-state index in [1.165, 1.54) is 6.20 Å². The van der Waals surface area contributed by atoms with Gasteiger partial charge in [-0.3, -0.25) is 4.72 Å². The quantitative estimate of drug-likeness (QED) is 0.739. The molecule has 0 fully saturated rings. The molecule has 9 heteroatoms. The van der Waals surface area contributed by atoms with Crippen LogP contribution in [0.1, 0.15) is 5.56 Å². The highest BCUT2D eigenvalue weighted by molar-refractivity contribution is 9.11. The molecule has 0 aliphatic carbocycles. The van der Waals surface area contributed by atoms with Crippen molar-refractivity contribution in [3.05, 3.63) is 45.2 Å². The van der Waals surface area contributed by atoms with Gasteiger partial charge < -0.3 is 5.73 Å². The Labute approximate surface area is 133 Å². The Balaban J connectivity index is 2.19. The van der Waals surface area contributed by atoms with Crippen LogP contribution >= 0.6 is 31.9 Å². The van der Waals surface area contributed by atoms with Crippen LogP contribution in [0, 0.1) is 0 Å². The van der Waals surface area contributed by atoms with Crippen LogP contribution in [0.4, 0.5) is 11.5 Å². The highest BCUT2D eigenvalue weighted by atomic mass is 79.9. The molecule has 0 spiro atoms. The summed E-state index contributed by atoms with van der Waals surface area (Å²) in [5, 5.41) is 0. The molecule has 106 valence electrons. The van der Waals surface area contributed by atoms with Gasteiger partial charge in [0.2, 0.25) is 10.0 Å². The lowest BCUT2D eigenvalue weighted by molar-refractivity contribution is 0.600. The third-order valence-corrected chi connectivity index (χ3v) is 4.41. The average molecular weight is 422 g/mol. The molecule has 0 amide bonds. The van der Waals surface area contributed by atoms with Gasteiger partial charge in [-0.2, -0.15) is 0 Å². The van der Waals surface area contributed by atoms with E-state index in [0.29, 0.717) is 20.5 Å². The van der Waals surface area contributed by atoms with Crippen LogP contribution < -0.4 is 10.5 Å². The fraction of sp³-hybridized carbons (Fsp3) is 0.0909. The zero-order valence-corrected chi connectivity index (χ0v) is 14.0. The molecule has 1 aromatic carbocycles. The van der Waals surface area contributed by atoms with Crippen LogP contribution in [-0.4, -0.2) is 18.4 Å². The number of nitrogens with zero attached hydrogens (tertiary/aromatic N) is 2. The Morgan fingerprint density at radius 3 is 2.70 bits per heavy atom. The number of aromatic nitrogens is 2. The second kappa shape index (κ2) is 6.06. The molecular formula is C11H10Br2N4O2S. The largest absolute Gasteiger partial charge is 0.399 e. The summed E-state index contributed by atoms with van der Waals surface area (Å²) in [4.78, 5) is 7.95. The maximum absolute atomic E-state index is 12.1. The molecule has 0 bridgehead atoms. The van der Waals surface area contributed by atoms with Gasteiger partial charge in [-0.05, 0) is 49.6 Å². The first-order chi connectivity index (χ1) is 9.35. The van der Waals surface area contributed by atoms with Gasteiger partial charge in [-0.15, -0.1) is 0 Å². The van der Waals surface area contributed by atoms with Gasteiger partial charge in [-0.1, -0.05) is 12.1 Å². The van der Waals surface area contributed by atoms with Crippen molar-refractivity contribution in [1.82, 2.24) is 9.97 Å². The monoisotopic (exact) mass is 420 g/mol. The van der Waals surface area contributed by atoms with E-state index in [0.717, 1.165) is 0 Å². The molecule has 0 aliphatic heterocycles. The van der Waals surface area contributed by atoms with Crippen molar-refractivity contribution in [3.8, 4) is 0 Å². The van der Waals surface area contributed by atoms with Crippen LogP contribution in [0.15, 0.2) is 39.7 Å². The lowest BCUT2D eigenvalue weighted by Crippen LogP contribution is -2.16. The topological polar surface area (TPSA) is 98.0 Å². The van der Waals surface area contributed by atoms with Crippen molar-refractivity contribution in [3.63, 3.8) is 0 Å². The SMILES string of the molecule is Nc1cccc(CS(=O)(=O)Nc2ncc(Br)nc2Br)c1. The van der Waals surface area contributed by atoms with E-state index in [1.807, 2.05) is 0 Å². The van der Waals surface area contributed by atoms with E-state index < -0.39 is 10.0 Å². The second-order valence-electron chi connectivity index (χ2n) is 3.94. The first-order valence-corrected chi connectivity index (χ1v) is 8.62. The molecule has 0 saturated heterocycles. The zero-order chi connectivity index (χ0) is 14.8. The number of sulfonamides is 1. The maximum Gasteiger partial charge on any atom is 0.238 e. The molecule has 2 aromatic rings. The molecule has 3 N–H and O–H groups in total.